The third-order valence-corrected chi connectivity index (χ3v) is 3.76. The Morgan fingerprint density at radius 2 is 2.20 bits per heavy atom. The molecule has 3 heterocycles. The number of hydrogen-bond acceptors (Lipinski definition) is 4. The third kappa shape index (κ3) is 2.47. The van der Waals surface area contributed by atoms with Crippen LogP contribution in [-0.4, -0.2) is 47.6 Å². The number of nitrogens with zero attached hydrogens (tertiary/aromatic N) is 2. The van der Waals surface area contributed by atoms with E-state index in [2.05, 4.69) is 10.3 Å². The molecular weight excluding hydrogens is 261 g/mol. The lowest BCUT2D eigenvalue weighted by atomic mass is 10.2. The Hall–Kier alpha value is -1.69. The zero-order valence-electron chi connectivity index (χ0n) is 11.4. The molecule has 2 unspecified atom stereocenters. The topological polar surface area (TPSA) is 54.5 Å². The molecule has 108 valence electrons. The average Bonchev–Trinajstić information content (AvgIpc) is 2.79. The highest BCUT2D eigenvalue weighted by atomic mass is 19.1. The monoisotopic (exact) mass is 279 g/mol. The maximum Gasteiger partial charge on any atom is 0.257 e. The third-order valence-electron chi connectivity index (χ3n) is 3.76. The lowest BCUT2D eigenvalue weighted by Crippen LogP contribution is -2.46. The summed E-state index contributed by atoms with van der Waals surface area (Å²) in [7, 11) is 0. The van der Waals surface area contributed by atoms with E-state index < -0.39 is 5.82 Å². The van der Waals surface area contributed by atoms with Crippen LogP contribution in [0.4, 0.5) is 10.2 Å². The number of nitrogens with one attached hydrogen (secondary N) is 1. The summed E-state index contributed by atoms with van der Waals surface area (Å²) >= 11 is 0. The van der Waals surface area contributed by atoms with Crippen LogP contribution in [0.25, 0.3) is 0 Å². The Morgan fingerprint density at radius 3 is 2.85 bits per heavy atom. The summed E-state index contributed by atoms with van der Waals surface area (Å²) < 4.78 is 19.1. The Bertz CT molecular complexity index is 511. The minimum absolute atomic E-state index is 0.127. The van der Waals surface area contributed by atoms with Gasteiger partial charge in [0.05, 0.1) is 24.0 Å². The predicted molar refractivity (Wildman–Crippen MR) is 72.2 cm³/mol. The molecule has 2 saturated heterocycles. The first-order valence-electron chi connectivity index (χ1n) is 7.01. The van der Waals surface area contributed by atoms with Crippen LogP contribution in [0.5, 0.6) is 0 Å². The number of likely N-dealkylation sites (tertiary alicyclic amines) is 1. The molecule has 2 bridgehead atoms. The van der Waals surface area contributed by atoms with Gasteiger partial charge in [0.2, 0.25) is 0 Å². The number of rotatable bonds is 3. The van der Waals surface area contributed by atoms with Crippen LogP contribution in [0.1, 0.15) is 30.1 Å². The van der Waals surface area contributed by atoms with Crippen LogP contribution >= 0.6 is 0 Å². The number of carbonyl (C=O) groups excluding carboxylic acids is 1. The van der Waals surface area contributed by atoms with Gasteiger partial charge in [0.1, 0.15) is 11.6 Å². The summed E-state index contributed by atoms with van der Waals surface area (Å²) in [6.45, 7) is 3.70. The fourth-order valence-electron chi connectivity index (χ4n) is 2.86. The number of hydrogen-bond donors (Lipinski definition) is 1. The maximum atomic E-state index is 13.4. The number of fused-ring (bicyclic) bond motifs is 2. The molecule has 0 aromatic carbocycles. The summed E-state index contributed by atoms with van der Waals surface area (Å²) in [5, 5.41) is 3.00. The molecule has 20 heavy (non-hydrogen) atoms. The molecule has 1 amide bonds. The van der Waals surface area contributed by atoms with Crippen molar-refractivity contribution in [2.75, 3.05) is 25.0 Å². The zero-order chi connectivity index (χ0) is 14.1. The fourth-order valence-corrected chi connectivity index (χ4v) is 2.86. The Morgan fingerprint density at radius 1 is 1.50 bits per heavy atom. The lowest BCUT2D eigenvalue weighted by molar-refractivity contribution is -0.0303. The van der Waals surface area contributed by atoms with Crippen LogP contribution in [0.3, 0.4) is 0 Å². The number of carbonyl (C=O) groups is 1. The van der Waals surface area contributed by atoms with Gasteiger partial charge >= 0.3 is 0 Å². The standard InChI is InChI=1S/C14H18FN3O2/c1-2-16-13-12(5-9(15)6-17-13)14(19)18-7-10-3-4-11(8-18)20-10/h5-6,10-11H,2-4,7-8H2,1H3,(H,16,17). The van der Waals surface area contributed by atoms with E-state index in [-0.39, 0.29) is 18.1 Å². The van der Waals surface area contributed by atoms with Crippen molar-refractivity contribution in [1.29, 1.82) is 0 Å². The van der Waals surface area contributed by atoms with E-state index in [1.165, 1.54) is 6.07 Å². The second-order valence-electron chi connectivity index (χ2n) is 5.25. The van der Waals surface area contributed by atoms with Crippen molar-refractivity contribution in [3.63, 3.8) is 0 Å². The molecule has 1 N–H and O–H groups in total. The molecule has 2 aliphatic heterocycles. The van der Waals surface area contributed by atoms with E-state index in [0.29, 0.717) is 31.0 Å². The molecule has 6 heteroatoms. The minimum Gasteiger partial charge on any atom is -0.371 e. The molecule has 2 fully saturated rings. The summed E-state index contributed by atoms with van der Waals surface area (Å²) in [5.41, 5.74) is 0.299. The van der Waals surface area contributed by atoms with E-state index in [1.54, 1.807) is 4.90 Å². The van der Waals surface area contributed by atoms with Gasteiger partial charge in [-0.3, -0.25) is 4.79 Å². The molecule has 0 saturated carbocycles. The van der Waals surface area contributed by atoms with Gasteiger partial charge < -0.3 is 15.0 Å². The van der Waals surface area contributed by atoms with E-state index in [0.717, 1.165) is 19.0 Å². The Kier molecular flexibility index (Phi) is 3.56. The van der Waals surface area contributed by atoms with E-state index in [9.17, 15) is 9.18 Å². The van der Waals surface area contributed by atoms with Crippen LogP contribution in [0.15, 0.2) is 12.3 Å². The Labute approximate surface area is 117 Å². The van der Waals surface area contributed by atoms with Crippen LogP contribution in [0, 0.1) is 5.82 Å². The maximum absolute atomic E-state index is 13.4. The molecule has 0 spiro atoms. The van der Waals surface area contributed by atoms with Gasteiger partial charge in [0.15, 0.2) is 0 Å². The number of amides is 1. The quantitative estimate of drug-likeness (QED) is 0.914. The van der Waals surface area contributed by atoms with Gasteiger partial charge in [-0.15, -0.1) is 0 Å². The number of aromatic nitrogens is 1. The van der Waals surface area contributed by atoms with Crippen molar-refractivity contribution in [2.45, 2.75) is 32.0 Å². The number of halogens is 1. The zero-order valence-corrected chi connectivity index (χ0v) is 11.4. The van der Waals surface area contributed by atoms with E-state index in [4.69, 9.17) is 4.74 Å². The SMILES string of the molecule is CCNc1ncc(F)cc1C(=O)N1CC2CCC(C1)O2. The van der Waals surface area contributed by atoms with Crippen molar-refractivity contribution < 1.29 is 13.9 Å². The molecule has 5 nitrogen and oxygen atoms in total. The van der Waals surface area contributed by atoms with Gasteiger partial charge in [0.25, 0.3) is 5.91 Å². The van der Waals surface area contributed by atoms with Crippen molar-refractivity contribution >= 4 is 11.7 Å². The lowest BCUT2D eigenvalue weighted by Gasteiger charge is -2.32. The van der Waals surface area contributed by atoms with Crippen molar-refractivity contribution in [1.82, 2.24) is 9.88 Å². The van der Waals surface area contributed by atoms with Crippen molar-refractivity contribution in [3.8, 4) is 0 Å². The summed E-state index contributed by atoms with van der Waals surface area (Å²) in [6.07, 6.45) is 3.37. The predicted octanol–water partition coefficient (Wildman–Crippen LogP) is 1.66. The van der Waals surface area contributed by atoms with Crippen LogP contribution in [-0.2, 0) is 4.74 Å². The number of ether oxygens (including phenoxy) is 1. The number of pyridine rings is 1. The first-order valence-corrected chi connectivity index (χ1v) is 7.01. The molecule has 1 aromatic heterocycles. The molecule has 1 aromatic rings. The van der Waals surface area contributed by atoms with Gasteiger partial charge in [-0.05, 0) is 25.8 Å². The van der Waals surface area contributed by atoms with Gasteiger partial charge in [-0.2, -0.15) is 0 Å². The second-order valence-corrected chi connectivity index (χ2v) is 5.25. The smallest absolute Gasteiger partial charge is 0.257 e. The second kappa shape index (κ2) is 5.36. The molecule has 2 atom stereocenters. The molecule has 0 radical (unpaired) electrons. The largest absolute Gasteiger partial charge is 0.371 e. The summed E-state index contributed by atoms with van der Waals surface area (Å²) in [6, 6.07) is 1.25. The molecular formula is C14H18FN3O2. The van der Waals surface area contributed by atoms with Crippen LogP contribution in [0.2, 0.25) is 0 Å². The van der Waals surface area contributed by atoms with Crippen LogP contribution < -0.4 is 5.32 Å². The highest BCUT2D eigenvalue weighted by Crippen LogP contribution is 2.28. The highest BCUT2D eigenvalue weighted by molar-refractivity contribution is 5.98. The molecule has 2 aliphatic rings. The number of morpholine rings is 1. The average molecular weight is 279 g/mol. The fraction of sp³-hybridized carbons (Fsp3) is 0.571. The van der Waals surface area contributed by atoms with Crippen molar-refractivity contribution in [2.24, 2.45) is 0 Å². The van der Waals surface area contributed by atoms with Crippen molar-refractivity contribution in [3.05, 3.63) is 23.6 Å². The van der Waals surface area contributed by atoms with Gasteiger partial charge in [-0.25, -0.2) is 9.37 Å². The first kappa shape index (κ1) is 13.3. The number of anilines is 1. The molecule has 3 rings (SSSR count). The van der Waals surface area contributed by atoms with E-state index in [1.807, 2.05) is 6.92 Å². The normalized spacial score (nSPS) is 24.8. The first-order chi connectivity index (χ1) is 9.67. The van der Waals surface area contributed by atoms with Gasteiger partial charge in [-0.1, -0.05) is 0 Å². The van der Waals surface area contributed by atoms with E-state index >= 15 is 0 Å². The summed E-state index contributed by atoms with van der Waals surface area (Å²) in [5.74, 6) is -0.225. The molecule has 0 aliphatic carbocycles. The summed E-state index contributed by atoms with van der Waals surface area (Å²) in [4.78, 5) is 18.3. The Balaban J connectivity index is 1.84. The minimum atomic E-state index is -0.494. The highest BCUT2D eigenvalue weighted by Gasteiger charge is 2.36. The van der Waals surface area contributed by atoms with Gasteiger partial charge in [0, 0.05) is 19.6 Å².